The van der Waals surface area contributed by atoms with Gasteiger partial charge in [-0.1, -0.05) is 30.3 Å². The van der Waals surface area contributed by atoms with Crippen molar-refractivity contribution in [2.45, 2.75) is 37.9 Å². The van der Waals surface area contributed by atoms with Gasteiger partial charge in [0.1, 0.15) is 0 Å². The molecule has 2 aromatic rings. The predicted octanol–water partition coefficient (Wildman–Crippen LogP) is 4.88. The number of nitrogens with zero attached hydrogens (tertiary/aromatic N) is 1. The van der Waals surface area contributed by atoms with E-state index in [9.17, 15) is 26.3 Å². The van der Waals surface area contributed by atoms with Crippen molar-refractivity contribution in [2.24, 2.45) is 0 Å². The van der Waals surface area contributed by atoms with Gasteiger partial charge in [-0.05, 0) is 54.4 Å². The highest BCUT2D eigenvalue weighted by molar-refractivity contribution is 7.80. The summed E-state index contributed by atoms with van der Waals surface area (Å²) in [5.74, 6) is 0. The molecule has 0 saturated carbocycles. The molecule has 1 heterocycles. The van der Waals surface area contributed by atoms with Crippen molar-refractivity contribution in [1.82, 2.24) is 15.8 Å². The maximum atomic E-state index is 13.0. The summed E-state index contributed by atoms with van der Waals surface area (Å²) in [5.41, 5.74) is 4.04. The second-order valence-corrected chi connectivity index (χ2v) is 7.04. The Kier molecular flexibility index (Phi) is 6.04. The number of hydrogen-bond donors (Lipinski definition) is 2. The lowest BCUT2D eigenvalue weighted by Crippen LogP contribution is -2.37. The minimum Gasteiger partial charge on any atom is -0.327 e. The van der Waals surface area contributed by atoms with Crippen LogP contribution >= 0.6 is 12.2 Å². The van der Waals surface area contributed by atoms with E-state index in [2.05, 4.69) is 10.9 Å². The van der Waals surface area contributed by atoms with Crippen molar-refractivity contribution in [1.29, 1.82) is 0 Å². The van der Waals surface area contributed by atoms with Crippen LogP contribution in [0.25, 0.3) is 0 Å². The summed E-state index contributed by atoms with van der Waals surface area (Å²) in [7, 11) is 0. The molecule has 0 aliphatic carbocycles. The van der Waals surface area contributed by atoms with Crippen molar-refractivity contribution in [3.63, 3.8) is 0 Å². The Balaban J connectivity index is 1.76. The predicted molar refractivity (Wildman–Crippen MR) is 99.4 cm³/mol. The lowest BCUT2D eigenvalue weighted by Gasteiger charge is -2.24. The third-order valence-electron chi connectivity index (χ3n) is 4.53. The highest BCUT2D eigenvalue weighted by Crippen LogP contribution is 2.36. The van der Waals surface area contributed by atoms with Crippen LogP contribution in [0.3, 0.4) is 0 Å². The van der Waals surface area contributed by atoms with Crippen LogP contribution in [-0.2, 0) is 25.3 Å². The first-order valence-electron chi connectivity index (χ1n) is 8.68. The second kappa shape index (κ2) is 8.19. The van der Waals surface area contributed by atoms with Crippen molar-refractivity contribution < 1.29 is 26.3 Å². The number of benzene rings is 2. The number of nitrogens with one attached hydrogen (secondary N) is 2. The van der Waals surface area contributed by atoms with Gasteiger partial charge in [0.25, 0.3) is 0 Å². The van der Waals surface area contributed by atoms with Gasteiger partial charge in [0.15, 0.2) is 5.11 Å². The molecule has 2 aromatic carbocycles. The van der Waals surface area contributed by atoms with Gasteiger partial charge in [0, 0.05) is 6.54 Å². The van der Waals surface area contributed by atoms with Gasteiger partial charge in [0.2, 0.25) is 0 Å². The van der Waals surface area contributed by atoms with Crippen molar-refractivity contribution >= 4 is 17.3 Å². The highest BCUT2D eigenvalue weighted by atomic mass is 32.1. The molecule has 0 spiro atoms. The summed E-state index contributed by atoms with van der Waals surface area (Å²) in [6.07, 6.45) is -9.81. The van der Waals surface area contributed by atoms with E-state index in [1.54, 1.807) is 0 Å². The molecule has 0 bridgehead atoms. The van der Waals surface area contributed by atoms with E-state index in [0.717, 1.165) is 17.7 Å². The first-order chi connectivity index (χ1) is 13.5. The molecule has 1 unspecified atom stereocenters. The van der Waals surface area contributed by atoms with Gasteiger partial charge in [-0.3, -0.25) is 5.43 Å². The Morgan fingerprint density at radius 2 is 1.45 bits per heavy atom. The van der Waals surface area contributed by atoms with Gasteiger partial charge in [-0.25, -0.2) is 5.43 Å². The Hall–Kier alpha value is -2.33. The molecule has 156 valence electrons. The first kappa shape index (κ1) is 21.4. The van der Waals surface area contributed by atoms with Gasteiger partial charge < -0.3 is 4.90 Å². The lowest BCUT2D eigenvalue weighted by atomic mass is 10.0. The average molecular weight is 433 g/mol. The van der Waals surface area contributed by atoms with E-state index in [1.807, 2.05) is 35.2 Å². The molecular formula is C19H17F6N3S. The summed E-state index contributed by atoms with van der Waals surface area (Å²) < 4.78 is 78.1. The topological polar surface area (TPSA) is 27.3 Å². The molecule has 2 N–H and O–H groups in total. The molecule has 3 nitrogen and oxygen atoms in total. The maximum absolute atomic E-state index is 13.0. The number of alkyl halides is 6. The van der Waals surface area contributed by atoms with Crippen LogP contribution in [-0.4, -0.2) is 16.2 Å². The van der Waals surface area contributed by atoms with Crippen LogP contribution in [0.2, 0.25) is 0 Å². The Morgan fingerprint density at radius 1 is 0.862 bits per heavy atom. The SMILES string of the molecule is FC(F)(F)c1cc(CCC2NNC(=S)N2Cc2ccccc2)cc(C(F)(F)F)c1. The molecular weight excluding hydrogens is 416 g/mol. The summed E-state index contributed by atoms with van der Waals surface area (Å²) in [6, 6.07) is 11.1. The Labute approximate surface area is 168 Å². The molecule has 3 rings (SSSR count). The molecule has 1 saturated heterocycles. The molecule has 29 heavy (non-hydrogen) atoms. The lowest BCUT2D eigenvalue weighted by molar-refractivity contribution is -0.143. The first-order valence-corrected chi connectivity index (χ1v) is 9.09. The summed E-state index contributed by atoms with van der Waals surface area (Å²) in [5, 5.41) is 0.416. The van der Waals surface area contributed by atoms with Crippen LogP contribution in [0.5, 0.6) is 0 Å². The van der Waals surface area contributed by atoms with Crippen LogP contribution in [0.1, 0.15) is 28.7 Å². The summed E-state index contributed by atoms with van der Waals surface area (Å²) in [6.45, 7) is 0.459. The standard InChI is InChI=1S/C19H17F6N3S/c20-18(21,22)14-8-13(9-15(10-14)19(23,24)25)6-7-16-26-27-17(29)28(16)11-12-4-2-1-3-5-12/h1-5,8-10,16,26H,6-7,11H2,(H,27,29). The molecule has 0 aromatic heterocycles. The number of halogens is 6. The van der Waals surface area contributed by atoms with E-state index in [-0.39, 0.29) is 30.6 Å². The quantitative estimate of drug-likeness (QED) is 0.519. The molecule has 0 radical (unpaired) electrons. The minimum atomic E-state index is -4.86. The monoisotopic (exact) mass is 433 g/mol. The maximum Gasteiger partial charge on any atom is 0.416 e. The number of rotatable bonds is 5. The zero-order valence-electron chi connectivity index (χ0n) is 14.9. The van der Waals surface area contributed by atoms with E-state index >= 15 is 0 Å². The minimum absolute atomic E-state index is 0.0141. The smallest absolute Gasteiger partial charge is 0.327 e. The van der Waals surface area contributed by atoms with Gasteiger partial charge in [0.05, 0.1) is 17.3 Å². The molecule has 1 aliphatic heterocycles. The van der Waals surface area contributed by atoms with Crippen molar-refractivity contribution in [3.8, 4) is 0 Å². The van der Waals surface area contributed by atoms with Crippen LogP contribution < -0.4 is 10.9 Å². The number of hydrazine groups is 1. The van der Waals surface area contributed by atoms with Crippen molar-refractivity contribution in [2.75, 3.05) is 0 Å². The van der Waals surface area contributed by atoms with Crippen LogP contribution in [0, 0.1) is 0 Å². The average Bonchev–Trinajstić information content (AvgIpc) is 2.99. The number of aryl methyl sites for hydroxylation is 1. The van der Waals surface area contributed by atoms with Gasteiger partial charge in [-0.2, -0.15) is 26.3 Å². The molecule has 1 fully saturated rings. The molecule has 1 aliphatic rings. The second-order valence-electron chi connectivity index (χ2n) is 6.66. The summed E-state index contributed by atoms with van der Waals surface area (Å²) >= 11 is 5.24. The third-order valence-corrected chi connectivity index (χ3v) is 4.87. The van der Waals surface area contributed by atoms with E-state index in [0.29, 0.717) is 11.7 Å². The summed E-state index contributed by atoms with van der Waals surface area (Å²) in [4.78, 5) is 1.81. The Bertz CT molecular complexity index is 834. The highest BCUT2D eigenvalue weighted by Gasteiger charge is 2.37. The van der Waals surface area contributed by atoms with Crippen LogP contribution in [0.4, 0.5) is 26.3 Å². The van der Waals surface area contributed by atoms with E-state index in [1.165, 1.54) is 0 Å². The fraction of sp³-hybridized carbons (Fsp3) is 0.316. The van der Waals surface area contributed by atoms with Gasteiger partial charge >= 0.3 is 12.4 Å². The third kappa shape index (κ3) is 5.39. The van der Waals surface area contributed by atoms with Crippen LogP contribution in [0.15, 0.2) is 48.5 Å². The number of thiocarbonyl (C=S) groups is 1. The number of hydrogen-bond acceptors (Lipinski definition) is 2. The molecule has 1 atom stereocenters. The Morgan fingerprint density at radius 3 is 2.00 bits per heavy atom. The van der Waals surface area contributed by atoms with Gasteiger partial charge in [-0.15, -0.1) is 0 Å². The van der Waals surface area contributed by atoms with E-state index in [4.69, 9.17) is 12.2 Å². The molecule has 10 heteroatoms. The van der Waals surface area contributed by atoms with E-state index < -0.39 is 23.5 Å². The zero-order chi connectivity index (χ0) is 21.2. The fourth-order valence-electron chi connectivity index (χ4n) is 3.09. The molecule has 0 amide bonds. The normalized spacial score (nSPS) is 17.5. The largest absolute Gasteiger partial charge is 0.416 e. The van der Waals surface area contributed by atoms with Crippen molar-refractivity contribution in [3.05, 3.63) is 70.8 Å². The fourth-order valence-corrected chi connectivity index (χ4v) is 3.34. The zero-order valence-corrected chi connectivity index (χ0v) is 15.8.